The fourth-order valence-corrected chi connectivity index (χ4v) is 2.65. The molecular formula is C16H13N3O5S. The quantitative estimate of drug-likeness (QED) is 0.513. The molecule has 8 nitrogen and oxygen atoms in total. The summed E-state index contributed by atoms with van der Waals surface area (Å²) in [6, 6.07) is 9.28. The van der Waals surface area contributed by atoms with E-state index in [1.807, 2.05) is 0 Å². The Morgan fingerprint density at radius 3 is 2.80 bits per heavy atom. The van der Waals surface area contributed by atoms with Crippen molar-refractivity contribution >= 4 is 22.9 Å². The zero-order valence-corrected chi connectivity index (χ0v) is 13.7. The van der Waals surface area contributed by atoms with E-state index in [1.54, 1.807) is 17.5 Å². The van der Waals surface area contributed by atoms with E-state index in [1.165, 1.54) is 41.9 Å². The van der Waals surface area contributed by atoms with E-state index < -0.39 is 4.92 Å². The van der Waals surface area contributed by atoms with Crippen LogP contribution in [-0.4, -0.2) is 15.8 Å². The van der Waals surface area contributed by atoms with Gasteiger partial charge >= 0.3 is 0 Å². The zero-order chi connectivity index (χ0) is 17.6. The molecule has 2 heterocycles. The third-order valence-electron chi connectivity index (χ3n) is 3.20. The number of ether oxygens (including phenoxy) is 1. The molecule has 0 saturated heterocycles. The van der Waals surface area contributed by atoms with Crippen molar-refractivity contribution in [1.29, 1.82) is 0 Å². The van der Waals surface area contributed by atoms with E-state index in [2.05, 4.69) is 10.3 Å². The average Bonchev–Trinajstić information content (AvgIpc) is 3.30. The molecule has 3 rings (SSSR count). The van der Waals surface area contributed by atoms with E-state index in [4.69, 9.17) is 9.15 Å². The second kappa shape index (κ2) is 7.58. The number of nitro benzene ring substituents is 1. The summed E-state index contributed by atoms with van der Waals surface area (Å²) in [6.07, 6.45) is 1.54. The van der Waals surface area contributed by atoms with Crippen molar-refractivity contribution in [2.45, 2.75) is 13.2 Å². The normalized spacial score (nSPS) is 10.4. The lowest BCUT2D eigenvalue weighted by atomic mass is 10.3. The number of nitro groups is 1. The van der Waals surface area contributed by atoms with Crippen molar-refractivity contribution < 1.29 is 18.9 Å². The standard InChI is InChI=1S/C16H13N3O5S/c20-16(17-8-13-2-1-7-23-13)14-10-25-15(18-14)9-24-12-5-3-11(4-6-12)19(21)22/h1-7,10H,8-9H2,(H,17,20). The first-order valence-corrected chi connectivity index (χ1v) is 8.12. The van der Waals surface area contributed by atoms with E-state index in [-0.39, 0.29) is 24.7 Å². The van der Waals surface area contributed by atoms with E-state index in [0.717, 1.165) is 0 Å². The number of furan rings is 1. The molecule has 0 spiro atoms. The van der Waals surface area contributed by atoms with Gasteiger partial charge in [0.2, 0.25) is 0 Å². The van der Waals surface area contributed by atoms with Crippen LogP contribution >= 0.6 is 11.3 Å². The number of hydrogen-bond acceptors (Lipinski definition) is 7. The van der Waals surface area contributed by atoms with Crippen LogP contribution in [0.25, 0.3) is 0 Å². The first-order chi connectivity index (χ1) is 12.1. The fraction of sp³-hybridized carbons (Fsp3) is 0.125. The van der Waals surface area contributed by atoms with Crippen LogP contribution in [0.4, 0.5) is 5.69 Å². The van der Waals surface area contributed by atoms with Crippen LogP contribution in [-0.2, 0) is 13.2 Å². The van der Waals surface area contributed by atoms with Gasteiger partial charge < -0.3 is 14.5 Å². The molecule has 0 atom stereocenters. The third-order valence-corrected chi connectivity index (χ3v) is 4.02. The number of nitrogens with one attached hydrogen (secondary N) is 1. The summed E-state index contributed by atoms with van der Waals surface area (Å²) < 4.78 is 10.7. The van der Waals surface area contributed by atoms with Crippen molar-refractivity contribution in [2.24, 2.45) is 0 Å². The minimum Gasteiger partial charge on any atom is -0.486 e. The first-order valence-electron chi connectivity index (χ1n) is 7.24. The number of thiazole rings is 1. The Morgan fingerprint density at radius 1 is 1.32 bits per heavy atom. The molecule has 0 bridgehead atoms. The Morgan fingerprint density at radius 2 is 2.12 bits per heavy atom. The van der Waals surface area contributed by atoms with Gasteiger partial charge in [-0.15, -0.1) is 11.3 Å². The lowest BCUT2D eigenvalue weighted by Gasteiger charge is -2.03. The van der Waals surface area contributed by atoms with Gasteiger partial charge in [-0.25, -0.2) is 4.98 Å². The molecule has 25 heavy (non-hydrogen) atoms. The number of aromatic nitrogens is 1. The Bertz CT molecular complexity index is 858. The van der Waals surface area contributed by atoms with Gasteiger partial charge in [-0.1, -0.05) is 0 Å². The minimum atomic E-state index is -0.474. The minimum absolute atomic E-state index is 0.00267. The van der Waals surface area contributed by atoms with Crippen molar-refractivity contribution in [3.63, 3.8) is 0 Å². The zero-order valence-electron chi connectivity index (χ0n) is 12.9. The molecule has 0 aliphatic heterocycles. The predicted molar refractivity (Wildman–Crippen MR) is 89.4 cm³/mol. The second-order valence-electron chi connectivity index (χ2n) is 4.93. The monoisotopic (exact) mass is 359 g/mol. The summed E-state index contributed by atoms with van der Waals surface area (Å²) in [6.45, 7) is 0.464. The number of rotatable bonds is 7. The predicted octanol–water partition coefficient (Wildman–Crippen LogP) is 3.15. The summed E-state index contributed by atoms with van der Waals surface area (Å²) in [7, 11) is 0. The van der Waals surface area contributed by atoms with Gasteiger partial charge in [-0.2, -0.15) is 0 Å². The van der Waals surface area contributed by atoms with Gasteiger partial charge in [0.25, 0.3) is 11.6 Å². The third kappa shape index (κ3) is 4.42. The largest absolute Gasteiger partial charge is 0.486 e. The van der Waals surface area contributed by atoms with Gasteiger partial charge in [-0.3, -0.25) is 14.9 Å². The molecule has 0 fully saturated rings. The summed E-state index contributed by atoms with van der Waals surface area (Å²) in [5, 5.41) is 15.6. The first kappa shape index (κ1) is 16.7. The van der Waals surface area contributed by atoms with Gasteiger partial charge in [0, 0.05) is 17.5 Å². The Balaban J connectivity index is 1.52. The number of carbonyl (C=O) groups is 1. The highest BCUT2D eigenvalue weighted by molar-refractivity contribution is 7.09. The van der Waals surface area contributed by atoms with Crippen LogP contribution in [0, 0.1) is 10.1 Å². The number of nitrogens with zero attached hydrogens (tertiary/aromatic N) is 2. The number of amides is 1. The summed E-state index contributed by atoms with van der Waals surface area (Å²) >= 11 is 1.30. The SMILES string of the molecule is O=C(NCc1ccco1)c1csc(COc2ccc([N+](=O)[O-])cc2)n1. The van der Waals surface area contributed by atoms with Crippen molar-refractivity contribution in [2.75, 3.05) is 0 Å². The number of benzene rings is 1. The number of non-ortho nitro benzene ring substituents is 1. The Hall–Kier alpha value is -3.20. The molecule has 2 aromatic heterocycles. The van der Waals surface area contributed by atoms with Crippen molar-refractivity contribution in [3.8, 4) is 5.75 Å². The fourth-order valence-electron chi connectivity index (χ4n) is 1.96. The lowest BCUT2D eigenvalue weighted by molar-refractivity contribution is -0.384. The molecule has 1 N–H and O–H groups in total. The average molecular weight is 359 g/mol. The lowest BCUT2D eigenvalue weighted by Crippen LogP contribution is -2.22. The smallest absolute Gasteiger partial charge is 0.271 e. The van der Waals surface area contributed by atoms with E-state index in [0.29, 0.717) is 22.2 Å². The van der Waals surface area contributed by atoms with Crippen LogP contribution in [0.15, 0.2) is 52.5 Å². The van der Waals surface area contributed by atoms with Crippen LogP contribution in [0.3, 0.4) is 0 Å². The van der Waals surface area contributed by atoms with Gasteiger partial charge in [-0.05, 0) is 24.3 Å². The molecule has 0 unspecified atom stereocenters. The number of hydrogen-bond donors (Lipinski definition) is 1. The van der Waals surface area contributed by atoms with E-state index >= 15 is 0 Å². The maximum atomic E-state index is 12.0. The molecule has 0 saturated carbocycles. The summed E-state index contributed by atoms with van der Waals surface area (Å²) in [5.74, 6) is 0.851. The van der Waals surface area contributed by atoms with Gasteiger partial charge in [0.15, 0.2) is 0 Å². The highest BCUT2D eigenvalue weighted by atomic mass is 32.1. The molecule has 0 aliphatic rings. The van der Waals surface area contributed by atoms with Crippen LogP contribution in [0.5, 0.6) is 5.75 Å². The summed E-state index contributed by atoms with van der Waals surface area (Å²) in [5.41, 5.74) is 0.302. The Labute approximate surface area is 146 Å². The maximum Gasteiger partial charge on any atom is 0.271 e. The Kier molecular flexibility index (Phi) is 5.05. The van der Waals surface area contributed by atoms with Gasteiger partial charge in [0.1, 0.15) is 28.8 Å². The maximum absolute atomic E-state index is 12.0. The highest BCUT2D eigenvalue weighted by Crippen LogP contribution is 2.19. The number of carbonyl (C=O) groups excluding carboxylic acids is 1. The summed E-state index contributed by atoms with van der Waals surface area (Å²) in [4.78, 5) is 26.4. The van der Waals surface area contributed by atoms with Crippen LogP contribution in [0.1, 0.15) is 21.3 Å². The van der Waals surface area contributed by atoms with Crippen molar-refractivity contribution in [3.05, 3.63) is 74.6 Å². The van der Waals surface area contributed by atoms with Crippen LogP contribution in [0.2, 0.25) is 0 Å². The molecule has 1 aromatic carbocycles. The van der Waals surface area contributed by atoms with E-state index in [9.17, 15) is 14.9 Å². The molecule has 0 aliphatic carbocycles. The molecule has 128 valence electrons. The highest BCUT2D eigenvalue weighted by Gasteiger charge is 2.12. The molecule has 3 aromatic rings. The second-order valence-corrected chi connectivity index (χ2v) is 5.87. The molecule has 1 amide bonds. The van der Waals surface area contributed by atoms with Crippen LogP contribution < -0.4 is 10.1 Å². The molecular weight excluding hydrogens is 346 g/mol. The molecule has 0 radical (unpaired) electrons. The van der Waals surface area contributed by atoms with Gasteiger partial charge in [0.05, 0.1) is 17.7 Å². The molecule has 9 heteroatoms. The van der Waals surface area contributed by atoms with Crippen molar-refractivity contribution in [1.82, 2.24) is 10.3 Å². The topological polar surface area (TPSA) is 108 Å².